The molecule has 0 fully saturated rings. The molecule has 0 aliphatic rings. The Balaban J connectivity index is 3.00. The summed E-state index contributed by atoms with van der Waals surface area (Å²) in [6.07, 6.45) is 2.26. The van der Waals surface area contributed by atoms with Gasteiger partial charge in [-0.15, -0.1) is 0 Å². The molecule has 0 saturated heterocycles. The molecule has 5 nitrogen and oxygen atoms in total. The van der Waals surface area contributed by atoms with E-state index >= 15 is 0 Å². The van der Waals surface area contributed by atoms with Gasteiger partial charge in [0, 0.05) is 11.1 Å². The molecule has 0 aromatic heterocycles. The predicted octanol–water partition coefficient (Wildman–Crippen LogP) is 4.40. The van der Waals surface area contributed by atoms with Crippen LogP contribution in [0.3, 0.4) is 0 Å². The van der Waals surface area contributed by atoms with E-state index in [2.05, 4.69) is 0 Å². The number of rotatable bonds is 9. The van der Waals surface area contributed by atoms with Gasteiger partial charge in [-0.05, 0) is 31.4 Å². The number of hydrogen-bond acceptors (Lipinski definition) is 5. The fraction of sp³-hybridized carbons (Fsp3) is 0.556. The molecule has 134 valence electrons. The molecule has 0 saturated carbocycles. The molecule has 0 spiro atoms. The van der Waals surface area contributed by atoms with Crippen molar-refractivity contribution in [3.05, 3.63) is 23.2 Å². The molecule has 24 heavy (non-hydrogen) atoms. The maximum absolute atomic E-state index is 12.7. The monoisotopic (exact) mass is 356 g/mol. The molecule has 6 heteroatoms. The Morgan fingerprint density at radius 3 is 2.29 bits per heavy atom. The average molecular weight is 357 g/mol. The highest BCUT2D eigenvalue weighted by molar-refractivity contribution is 6.30. The third kappa shape index (κ3) is 4.63. The van der Waals surface area contributed by atoms with Gasteiger partial charge in [-0.1, -0.05) is 38.8 Å². The van der Waals surface area contributed by atoms with E-state index in [1.54, 1.807) is 26.0 Å². The van der Waals surface area contributed by atoms with Crippen LogP contribution in [-0.4, -0.2) is 25.7 Å². The second kappa shape index (κ2) is 9.52. The maximum atomic E-state index is 12.7. The van der Waals surface area contributed by atoms with Gasteiger partial charge < -0.3 is 14.2 Å². The number of halogens is 1. The Bertz CT molecular complexity index is 567. The summed E-state index contributed by atoms with van der Waals surface area (Å²) >= 11 is 5.90. The molecule has 0 aliphatic carbocycles. The Labute approximate surface area is 148 Å². The summed E-state index contributed by atoms with van der Waals surface area (Å²) in [7, 11) is 1.45. The Kier molecular flexibility index (Phi) is 8.05. The molecule has 0 amide bonds. The molecule has 1 aromatic carbocycles. The van der Waals surface area contributed by atoms with Crippen molar-refractivity contribution in [2.75, 3.05) is 13.7 Å². The Hall–Kier alpha value is -1.75. The van der Waals surface area contributed by atoms with Crippen LogP contribution in [0.25, 0.3) is 0 Å². The lowest BCUT2D eigenvalue weighted by atomic mass is 9.82. The van der Waals surface area contributed by atoms with Gasteiger partial charge in [0.25, 0.3) is 0 Å². The molecule has 0 radical (unpaired) electrons. The molecule has 1 rings (SSSR count). The van der Waals surface area contributed by atoms with E-state index in [-0.39, 0.29) is 5.75 Å². The average Bonchev–Trinajstić information content (AvgIpc) is 2.58. The number of esters is 2. The van der Waals surface area contributed by atoms with Crippen LogP contribution >= 0.6 is 11.6 Å². The summed E-state index contributed by atoms with van der Waals surface area (Å²) in [5, 5.41) is 0.461. The summed E-state index contributed by atoms with van der Waals surface area (Å²) in [6.45, 7) is 5.84. The first-order valence-corrected chi connectivity index (χ1v) is 8.56. The fourth-order valence-corrected chi connectivity index (χ4v) is 2.44. The zero-order valence-corrected chi connectivity index (χ0v) is 15.4. The van der Waals surface area contributed by atoms with E-state index in [1.165, 1.54) is 13.2 Å². The van der Waals surface area contributed by atoms with Crippen molar-refractivity contribution in [2.24, 2.45) is 5.41 Å². The summed E-state index contributed by atoms with van der Waals surface area (Å²) in [6, 6.07) is 4.67. The highest BCUT2D eigenvalue weighted by atomic mass is 35.5. The lowest BCUT2D eigenvalue weighted by Gasteiger charge is -2.27. The van der Waals surface area contributed by atoms with Crippen LogP contribution in [0.2, 0.25) is 5.02 Å². The maximum Gasteiger partial charge on any atom is 0.328 e. The largest absolute Gasteiger partial charge is 0.493 e. The van der Waals surface area contributed by atoms with Crippen LogP contribution in [0.4, 0.5) is 0 Å². The van der Waals surface area contributed by atoms with E-state index in [0.717, 1.165) is 12.8 Å². The van der Waals surface area contributed by atoms with E-state index in [4.69, 9.17) is 25.8 Å². The van der Waals surface area contributed by atoms with Gasteiger partial charge in [-0.3, -0.25) is 9.59 Å². The first kappa shape index (κ1) is 20.3. The third-order valence-corrected chi connectivity index (χ3v) is 4.28. The second-order valence-corrected chi connectivity index (χ2v) is 5.90. The minimum atomic E-state index is -1.32. The van der Waals surface area contributed by atoms with Gasteiger partial charge in [0.1, 0.15) is 0 Å². The van der Waals surface area contributed by atoms with Crippen LogP contribution in [0, 0.1) is 5.41 Å². The van der Waals surface area contributed by atoms with Crippen molar-refractivity contribution < 1.29 is 23.8 Å². The van der Waals surface area contributed by atoms with E-state index in [9.17, 15) is 9.59 Å². The van der Waals surface area contributed by atoms with Gasteiger partial charge in [0.05, 0.1) is 13.7 Å². The molecule has 0 bridgehead atoms. The Morgan fingerprint density at radius 2 is 1.75 bits per heavy atom. The van der Waals surface area contributed by atoms with Crippen molar-refractivity contribution >= 4 is 23.5 Å². The fourth-order valence-electron chi connectivity index (χ4n) is 2.28. The zero-order chi connectivity index (χ0) is 18.2. The first-order chi connectivity index (χ1) is 11.4. The second-order valence-electron chi connectivity index (χ2n) is 5.46. The SMILES string of the molecule is CCCCOC(=O)C(CC)(CC)C(=O)Oc1ccc(Cl)cc1OC. The number of unbranched alkanes of at least 4 members (excludes halogenated alkanes) is 1. The number of hydrogen-bond donors (Lipinski definition) is 0. The van der Waals surface area contributed by atoms with Crippen LogP contribution in [0.1, 0.15) is 46.5 Å². The van der Waals surface area contributed by atoms with Gasteiger partial charge in [0.15, 0.2) is 16.9 Å². The van der Waals surface area contributed by atoms with E-state index in [0.29, 0.717) is 30.2 Å². The molecule has 0 atom stereocenters. The smallest absolute Gasteiger partial charge is 0.328 e. The molecular weight excluding hydrogens is 332 g/mol. The molecule has 1 aromatic rings. The van der Waals surface area contributed by atoms with E-state index in [1.807, 2.05) is 6.92 Å². The van der Waals surface area contributed by atoms with E-state index < -0.39 is 17.4 Å². The number of carbonyl (C=O) groups excluding carboxylic acids is 2. The first-order valence-electron chi connectivity index (χ1n) is 8.18. The summed E-state index contributed by atoms with van der Waals surface area (Å²) in [5.41, 5.74) is -1.32. The normalized spacial score (nSPS) is 11.0. The van der Waals surface area contributed by atoms with Crippen LogP contribution < -0.4 is 9.47 Å². The number of ether oxygens (including phenoxy) is 3. The minimum absolute atomic E-state index is 0.222. The lowest BCUT2D eigenvalue weighted by molar-refractivity contribution is -0.168. The van der Waals surface area contributed by atoms with Crippen molar-refractivity contribution in [2.45, 2.75) is 46.5 Å². The van der Waals surface area contributed by atoms with Gasteiger partial charge in [-0.25, -0.2) is 0 Å². The quantitative estimate of drug-likeness (QED) is 0.284. The zero-order valence-electron chi connectivity index (χ0n) is 14.7. The van der Waals surface area contributed by atoms with Crippen LogP contribution in [0.15, 0.2) is 18.2 Å². The highest BCUT2D eigenvalue weighted by Crippen LogP contribution is 2.35. The van der Waals surface area contributed by atoms with Crippen molar-refractivity contribution in [1.82, 2.24) is 0 Å². The minimum Gasteiger partial charge on any atom is -0.493 e. The van der Waals surface area contributed by atoms with Gasteiger partial charge in [0.2, 0.25) is 0 Å². The van der Waals surface area contributed by atoms with Crippen LogP contribution in [0.5, 0.6) is 11.5 Å². The summed E-state index contributed by atoms with van der Waals surface area (Å²) in [4.78, 5) is 25.2. The lowest BCUT2D eigenvalue weighted by Crippen LogP contribution is -2.42. The topological polar surface area (TPSA) is 61.8 Å². The molecule has 0 aliphatic heterocycles. The number of benzene rings is 1. The molecular formula is C18H25ClO5. The Morgan fingerprint density at radius 1 is 1.08 bits per heavy atom. The standard InChI is InChI=1S/C18H25ClO5/c1-5-8-11-23-16(20)18(6-2,7-3)17(21)24-14-10-9-13(19)12-15(14)22-4/h9-10,12H,5-8,11H2,1-4H3. The molecule has 0 heterocycles. The number of carbonyl (C=O) groups is 2. The van der Waals surface area contributed by atoms with Crippen molar-refractivity contribution in [3.8, 4) is 11.5 Å². The van der Waals surface area contributed by atoms with Crippen molar-refractivity contribution in [3.63, 3.8) is 0 Å². The van der Waals surface area contributed by atoms with Gasteiger partial charge in [-0.2, -0.15) is 0 Å². The molecule has 0 N–H and O–H groups in total. The van der Waals surface area contributed by atoms with Crippen molar-refractivity contribution in [1.29, 1.82) is 0 Å². The summed E-state index contributed by atoms with van der Waals surface area (Å²) in [5.74, 6) is -0.635. The number of methoxy groups -OCH3 is 1. The predicted molar refractivity (Wildman–Crippen MR) is 92.5 cm³/mol. The summed E-state index contributed by atoms with van der Waals surface area (Å²) < 4.78 is 15.9. The molecule has 0 unspecified atom stereocenters. The van der Waals surface area contributed by atoms with Crippen LogP contribution in [-0.2, 0) is 14.3 Å². The third-order valence-electron chi connectivity index (χ3n) is 4.05. The van der Waals surface area contributed by atoms with Gasteiger partial charge >= 0.3 is 11.9 Å². The highest BCUT2D eigenvalue weighted by Gasteiger charge is 2.46.